The van der Waals surface area contributed by atoms with Gasteiger partial charge in [0.2, 0.25) is 0 Å². The third kappa shape index (κ3) is 3.84. The van der Waals surface area contributed by atoms with E-state index in [1.165, 1.54) is 12.1 Å². The van der Waals surface area contributed by atoms with Crippen LogP contribution in [0, 0.1) is 11.6 Å². The van der Waals surface area contributed by atoms with Gasteiger partial charge in [0, 0.05) is 13.0 Å². The molecule has 0 fully saturated rings. The molecule has 16 heavy (non-hydrogen) atoms. The third-order valence-electron chi connectivity index (χ3n) is 2.08. The lowest BCUT2D eigenvalue weighted by Gasteiger charge is -2.06. The highest BCUT2D eigenvalue weighted by Crippen LogP contribution is 2.16. The number of rotatable bonds is 6. The molecule has 0 amide bonds. The number of hydrogen-bond donors (Lipinski definition) is 2. The van der Waals surface area contributed by atoms with Crippen LogP contribution in [-0.4, -0.2) is 17.6 Å². The quantitative estimate of drug-likeness (QED) is 0.737. The summed E-state index contributed by atoms with van der Waals surface area (Å²) in [6.45, 7) is 0.424. The average molecular weight is 229 g/mol. The van der Waals surface area contributed by atoms with Crippen molar-refractivity contribution in [1.82, 2.24) is 0 Å². The van der Waals surface area contributed by atoms with E-state index >= 15 is 0 Å². The van der Waals surface area contributed by atoms with Gasteiger partial charge >= 0.3 is 5.97 Å². The minimum Gasteiger partial charge on any atom is -0.481 e. The molecule has 0 atom stereocenters. The smallest absolute Gasteiger partial charge is 0.303 e. The van der Waals surface area contributed by atoms with Gasteiger partial charge in [0.15, 0.2) is 11.6 Å². The Morgan fingerprint density at radius 1 is 1.31 bits per heavy atom. The molecule has 3 nitrogen and oxygen atoms in total. The van der Waals surface area contributed by atoms with Crippen LogP contribution in [0.25, 0.3) is 0 Å². The van der Waals surface area contributed by atoms with Crippen molar-refractivity contribution in [3.63, 3.8) is 0 Å². The lowest BCUT2D eigenvalue weighted by molar-refractivity contribution is -0.137. The molecule has 0 spiro atoms. The Morgan fingerprint density at radius 3 is 2.75 bits per heavy atom. The molecule has 0 aliphatic heterocycles. The van der Waals surface area contributed by atoms with E-state index in [0.29, 0.717) is 19.4 Å². The van der Waals surface area contributed by atoms with Crippen molar-refractivity contribution in [3.8, 4) is 0 Å². The zero-order valence-electron chi connectivity index (χ0n) is 8.67. The minimum atomic E-state index is -0.902. The first-order valence-corrected chi connectivity index (χ1v) is 5.01. The predicted molar refractivity (Wildman–Crippen MR) is 56.3 cm³/mol. The van der Waals surface area contributed by atoms with Crippen molar-refractivity contribution >= 4 is 11.7 Å². The summed E-state index contributed by atoms with van der Waals surface area (Å²) in [5, 5.41) is 11.1. The van der Waals surface area contributed by atoms with E-state index in [0.717, 1.165) is 6.07 Å². The number of aliphatic carboxylic acids is 1. The highest BCUT2D eigenvalue weighted by molar-refractivity contribution is 5.66. The molecule has 1 aromatic rings. The molecule has 0 aliphatic rings. The lowest BCUT2D eigenvalue weighted by Crippen LogP contribution is -2.05. The molecule has 0 heterocycles. The Morgan fingerprint density at radius 2 is 2.06 bits per heavy atom. The summed E-state index contributed by atoms with van der Waals surface area (Å²) in [7, 11) is 0. The minimum absolute atomic E-state index is 0.0906. The van der Waals surface area contributed by atoms with Gasteiger partial charge in [0.1, 0.15) is 0 Å². The summed E-state index contributed by atoms with van der Waals surface area (Å²) in [5.41, 5.74) is 0.107. The zero-order chi connectivity index (χ0) is 12.0. The molecule has 0 unspecified atom stereocenters. The number of anilines is 1. The van der Waals surface area contributed by atoms with Crippen molar-refractivity contribution in [2.45, 2.75) is 19.3 Å². The fourth-order valence-electron chi connectivity index (χ4n) is 1.26. The van der Waals surface area contributed by atoms with E-state index in [1.54, 1.807) is 0 Å². The van der Waals surface area contributed by atoms with E-state index in [9.17, 15) is 13.6 Å². The molecule has 0 saturated heterocycles. The SMILES string of the molecule is O=C(O)CCCCNc1cccc(F)c1F. The summed E-state index contributed by atoms with van der Waals surface area (Å²) in [6.07, 6.45) is 1.20. The number of carbonyl (C=O) groups is 1. The molecule has 88 valence electrons. The molecule has 0 aromatic heterocycles. The highest BCUT2D eigenvalue weighted by Gasteiger charge is 2.06. The van der Waals surface area contributed by atoms with Crippen LogP contribution in [-0.2, 0) is 4.79 Å². The number of halogens is 2. The molecule has 0 bridgehead atoms. The lowest BCUT2D eigenvalue weighted by atomic mass is 10.2. The fraction of sp³-hybridized carbons (Fsp3) is 0.364. The van der Waals surface area contributed by atoms with Gasteiger partial charge in [-0.2, -0.15) is 0 Å². The van der Waals surface area contributed by atoms with Crippen molar-refractivity contribution < 1.29 is 18.7 Å². The second-order valence-corrected chi connectivity index (χ2v) is 3.38. The number of benzene rings is 1. The van der Waals surface area contributed by atoms with Crippen LogP contribution in [0.15, 0.2) is 18.2 Å². The summed E-state index contributed by atoms with van der Waals surface area (Å²) < 4.78 is 25.9. The number of carboxylic acid groups (broad SMARTS) is 1. The van der Waals surface area contributed by atoms with E-state index in [1.807, 2.05) is 0 Å². The monoisotopic (exact) mass is 229 g/mol. The number of hydrogen-bond acceptors (Lipinski definition) is 2. The van der Waals surface area contributed by atoms with Crippen molar-refractivity contribution in [2.24, 2.45) is 0 Å². The molecule has 0 saturated carbocycles. The number of carboxylic acids is 1. The van der Waals surface area contributed by atoms with Crippen LogP contribution >= 0.6 is 0 Å². The second-order valence-electron chi connectivity index (χ2n) is 3.38. The molecule has 1 aromatic carbocycles. The van der Waals surface area contributed by atoms with Crippen LogP contribution in [0.5, 0.6) is 0 Å². The van der Waals surface area contributed by atoms with E-state index in [2.05, 4.69) is 5.32 Å². The first-order chi connectivity index (χ1) is 7.61. The fourth-order valence-corrected chi connectivity index (χ4v) is 1.26. The maximum absolute atomic E-state index is 13.1. The summed E-state index contributed by atoms with van der Waals surface area (Å²) in [5.74, 6) is -2.65. The molecule has 1 rings (SSSR count). The van der Waals surface area contributed by atoms with Gasteiger partial charge in [-0.25, -0.2) is 8.78 Å². The maximum Gasteiger partial charge on any atom is 0.303 e. The van der Waals surface area contributed by atoms with Gasteiger partial charge in [0.05, 0.1) is 5.69 Å². The maximum atomic E-state index is 13.1. The first-order valence-electron chi connectivity index (χ1n) is 5.01. The van der Waals surface area contributed by atoms with Gasteiger partial charge < -0.3 is 10.4 Å². The highest BCUT2D eigenvalue weighted by atomic mass is 19.2. The Bertz CT molecular complexity index is 369. The molecular weight excluding hydrogens is 216 g/mol. The average Bonchev–Trinajstić information content (AvgIpc) is 2.23. The largest absolute Gasteiger partial charge is 0.481 e. The Hall–Kier alpha value is -1.65. The van der Waals surface area contributed by atoms with Gasteiger partial charge in [-0.05, 0) is 25.0 Å². The van der Waals surface area contributed by atoms with Gasteiger partial charge in [-0.3, -0.25) is 4.79 Å². The van der Waals surface area contributed by atoms with E-state index < -0.39 is 17.6 Å². The van der Waals surface area contributed by atoms with Gasteiger partial charge in [-0.15, -0.1) is 0 Å². The Labute approximate surface area is 92.1 Å². The number of unbranched alkanes of at least 4 members (excludes halogenated alkanes) is 1. The van der Waals surface area contributed by atoms with Crippen molar-refractivity contribution in [3.05, 3.63) is 29.8 Å². The van der Waals surface area contributed by atoms with Crippen LogP contribution in [0.3, 0.4) is 0 Å². The third-order valence-corrected chi connectivity index (χ3v) is 2.08. The van der Waals surface area contributed by atoms with Crippen LogP contribution in [0.1, 0.15) is 19.3 Å². The zero-order valence-corrected chi connectivity index (χ0v) is 8.67. The normalized spacial score (nSPS) is 10.1. The number of nitrogens with one attached hydrogen (secondary N) is 1. The van der Waals surface area contributed by atoms with Gasteiger partial charge in [-0.1, -0.05) is 6.07 Å². The van der Waals surface area contributed by atoms with Crippen LogP contribution < -0.4 is 5.32 Å². The summed E-state index contributed by atoms with van der Waals surface area (Å²) in [4.78, 5) is 10.2. The molecular formula is C11H13F2NO2. The van der Waals surface area contributed by atoms with Crippen LogP contribution in [0.4, 0.5) is 14.5 Å². The van der Waals surface area contributed by atoms with E-state index in [4.69, 9.17) is 5.11 Å². The second kappa shape index (κ2) is 6.05. The summed E-state index contributed by atoms with van der Waals surface area (Å²) in [6, 6.07) is 3.90. The molecule has 0 radical (unpaired) electrons. The van der Waals surface area contributed by atoms with Crippen molar-refractivity contribution in [1.29, 1.82) is 0 Å². The van der Waals surface area contributed by atoms with Crippen LogP contribution in [0.2, 0.25) is 0 Å². The standard InChI is InChI=1S/C11H13F2NO2/c12-8-4-3-5-9(11(8)13)14-7-2-1-6-10(15)16/h3-5,14H,1-2,6-7H2,(H,15,16). The first kappa shape index (κ1) is 12.4. The predicted octanol–water partition coefficient (Wildman–Crippen LogP) is 2.63. The Balaban J connectivity index is 2.32. The molecule has 5 heteroatoms. The Kier molecular flexibility index (Phi) is 4.69. The topological polar surface area (TPSA) is 49.3 Å². The van der Waals surface area contributed by atoms with E-state index in [-0.39, 0.29) is 12.1 Å². The van der Waals surface area contributed by atoms with Gasteiger partial charge in [0.25, 0.3) is 0 Å². The summed E-state index contributed by atoms with van der Waals surface area (Å²) >= 11 is 0. The van der Waals surface area contributed by atoms with Crippen molar-refractivity contribution in [2.75, 3.05) is 11.9 Å². The molecule has 0 aliphatic carbocycles. The molecule has 2 N–H and O–H groups in total.